The second-order valence-electron chi connectivity index (χ2n) is 6.92. The van der Waals surface area contributed by atoms with Crippen molar-refractivity contribution >= 4 is 28.4 Å². The molecule has 0 aliphatic carbocycles. The van der Waals surface area contributed by atoms with Gasteiger partial charge in [0.05, 0.1) is 6.20 Å². The smallest absolute Gasteiger partial charge is 0.276 e. The number of amides is 2. The summed E-state index contributed by atoms with van der Waals surface area (Å²) in [6, 6.07) is 3.96. The molecule has 0 bridgehead atoms. The molecule has 0 saturated heterocycles. The van der Waals surface area contributed by atoms with Gasteiger partial charge in [-0.25, -0.2) is 9.67 Å². The first-order valence-electron chi connectivity index (χ1n) is 9.04. The van der Waals surface area contributed by atoms with Gasteiger partial charge in [0, 0.05) is 50.5 Å². The molecule has 0 fully saturated rings. The van der Waals surface area contributed by atoms with Crippen LogP contribution < -0.4 is 0 Å². The lowest BCUT2D eigenvalue weighted by Gasteiger charge is -2.25. The fourth-order valence-electron chi connectivity index (χ4n) is 3.24. The van der Waals surface area contributed by atoms with E-state index in [0.29, 0.717) is 13.1 Å². The lowest BCUT2D eigenvalue weighted by atomic mass is 9.99. The quantitative estimate of drug-likeness (QED) is 0.734. The molecule has 0 radical (unpaired) electrons. The zero-order valence-corrected chi connectivity index (χ0v) is 15.8. The van der Waals surface area contributed by atoms with Gasteiger partial charge in [-0.1, -0.05) is 11.3 Å². The summed E-state index contributed by atoms with van der Waals surface area (Å²) in [4.78, 5) is 35.2. The summed E-state index contributed by atoms with van der Waals surface area (Å²) in [5.74, 6) is -0.290. The summed E-state index contributed by atoms with van der Waals surface area (Å²) < 4.78 is 1.39. The molecule has 0 atom stereocenters. The van der Waals surface area contributed by atoms with Crippen molar-refractivity contribution in [3.8, 4) is 0 Å². The van der Waals surface area contributed by atoms with Crippen molar-refractivity contribution in [1.82, 2.24) is 34.8 Å². The number of carbonyl (C=O) groups is 2. The van der Waals surface area contributed by atoms with Crippen molar-refractivity contribution in [1.29, 1.82) is 0 Å². The zero-order valence-electron chi connectivity index (χ0n) is 15.8. The van der Waals surface area contributed by atoms with Gasteiger partial charge in [0.15, 0.2) is 5.69 Å². The van der Waals surface area contributed by atoms with Gasteiger partial charge in [0.2, 0.25) is 5.91 Å². The minimum atomic E-state index is -0.181. The van der Waals surface area contributed by atoms with Gasteiger partial charge in [-0.15, -0.1) is 5.10 Å². The van der Waals surface area contributed by atoms with E-state index in [0.717, 1.165) is 23.0 Å². The van der Waals surface area contributed by atoms with Crippen molar-refractivity contribution in [2.24, 2.45) is 0 Å². The van der Waals surface area contributed by atoms with E-state index in [1.807, 2.05) is 18.3 Å². The Morgan fingerprint density at radius 3 is 2.93 bits per heavy atom. The van der Waals surface area contributed by atoms with Gasteiger partial charge < -0.3 is 14.8 Å². The minimum Gasteiger partial charge on any atom is -0.347 e. The van der Waals surface area contributed by atoms with Crippen LogP contribution in [0.15, 0.2) is 36.8 Å². The van der Waals surface area contributed by atoms with Crippen molar-refractivity contribution in [2.45, 2.75) is 13.0 Å². The highest BCUT2D eigenvalue weighted by atomic mass is 16.2. The highest BCUT2D eigenvalue weighted by Crippen LogP contribution is 2.28. The molecule has 1 N–H and O–H groups in total. The van der Waals surface area contributed by atoms with E-state index in [1.165, 1.54) is 21.4 Å². The number of hydrogen-bond acceptors (Lipinski definition) is 5. The molecule has 9 nitrogen and oxygen atoms in total. The Bertz CT molecular complexity index is 1060. The lowest BCUT2D eigenvalue weighted by molar-refractivity contribution is -0.129. The third-order valence-corrected chi connectivity index (χ3v) is 4.85. The molecule has 1 aliphatic heterocycles. The van der Waals surface area contributed by atoms with E-state index in [-0.39, 0.29) is 24.1 Å². The fourth-order valence-corrected chi connectivity index (χ4v) is 3.24. The summed E-state index contributed by atoms with van der Waals surface area (Å²) in [5.41, 5.74) is 3.44. The van der Waals surface area contributed by atoms with Crippen LogP contribution in [0, 0.1) is 0 Å². The zero-order chi connectivity index (χ0) is 19.7. The molecule has 0 aromatic carbocycles. The van der Waals surface area contributed by atoms with Crippen molar-refractivity contribution in [2.75, 3.05) is 27.2 Å². The molecular formula is C19H21N7O2. The number of likely N-dealkylation sites (N-methyl/N-ethyl adjacent to an activating group) is 1. The maximum atomic E-state index is 12.7. The molecule has 0 saturated carbocycles. The van der Waals surface area contributed by atoms with Crippen LogP contribution in [-0.2, 0) is 11.3 Å². The number of hydrogen-bond donors (Lipinski definition) is 1. The van der Waals surface area contributed by atoms with Crippen molar-refractivity contribution in [3.63, 3.8) is 0 Å². The van der Waals surface area contributed by atoms with Gasteiger partial charge in [0.25, 0.3) is 5.91 Å². The number of carbonyl (C=O) groups excluding carboxylic acids is 2. The number of H-pyrrole nitrogens is 1. The molecule has 1 aliphatic rings. The van der Waals surface area contributed by atoms with Crippen LogP contribution in [0.2, 0.25) is 0 Å². The third-order valence-electron chi connectivity index (χ3n) is 4.85. The van der Waals surface area contributed by atoms with Gasteiger partial charge in [-0.05, 0) is 24.1 Å². The molecular weight excluding hydrogens is 358 g/mol. The molecule has 0 unspecified atom stereocenters. The summed E-state index contributed by atoms with van der Waals surface area (Å²) in [7, 11) is 3.35. The normalized spacial score (nSPS) is 14.2. The minimum absolute atomic E-state index is 0.0614. The molecule has 3 aromatic rings. The lowest BCUT2D eigenvalue weighted by Crippen LogP contribution is -2.34. The average Bonchev–Trinajstić information content (AvgIpc) is 3.34. The largest absolute Gasteiger partial charge is 0.347 e. The Labute approximate surface area is 161 Å². The maximum absolute atomic E-state index is 12.7. The summed E-state index contributed by atoms with van der Waals surface area (Å²) >= 11 is 0. The standard InChI is InChI=1S/C19H21N7O2/c1-24(2)17(27)12-26-11-16(22-23-26)19(28)25-8-5-13(6-9-25)15-10-21-18-14(15)4-3-7-20-18/h3-5,7,10-11H,6,8-9,12H2,1-2H3,(H,20,21). The molecule has 2 amide bonds. The van der Waals surface area contributed by atoms with E-state index < -0.39 is 0 Å². The Hall–Kier alpha value is -3.49. The average molecular weight is 379 g/mol. The van der Waals surface area contributed by atoms with Gasteiger partial charge >= 0.3 is 0 Å². The second-order valence-corrected chi connectivity index (χ2v) is 6.92. The number of nitrogens with one attached hydrogen (secondary N) is 1. The molecule has 0 spiro atoms. The van der Waals surface area contributed by atoms with Crippen LogP contribution in [0.5, 0.6) is 0 Å². The molecule has 4 rings (SSSR count). The van der Waals surface area contributed by atoms with E-state index in [1.54, 1.807) is 25.2 Å². The SMILES string of the molecule is CN(C)C(=O)Cn1cc(C(=O)N2CC=C(c3c[nH]c4ncccc34)CC2)nn1. The predicted molar refractivity (Wildman–Crippen MR) is 103 cm³/mol. The van der Waals surface area contributed by atoms with E-state index >= 15 is 0 Å². The fraction of sp³-hybridized carbons (Fsp3) is 0.316. The summed E-state index contributed by atoms with van der Waals surface area (Å²) in [6.07, 6.45) is 8.07. The van der Waals surface area contributed by atoms with Crippen LogP contribution in [-0.4, -0.2) is 73.8 Å². The van der Waals surface area contributed by atoms with E-state index in [4.69, 9.17) is 0 Å². The Morgan fingerprint density at radius 2 is 2.18 bits per heavy atom. The number of aromatic nitrogens is 5. The highest BCUT2D eigenvalue weighted by molar-refractivity contribution is 5.94. The predicted octanol–water partition coefficient (Wildman–Crippen LogP) is 1.17. The first-order valence-corrected chi connectivity index (χ1v) is 9.04. The number of aromatic amines is 1. The Balaban J connectivity index is 1.45. The molecule has 4 heterocycles. The number of rotatable bonds is 4. The van der Waals surface area contributed by atoms with E-state index in [2.05, 4.69) is 26.4 Å². The van der Waals surface area contributed by atoms with Crippen LogP contribution in [0.4, 0.5) is 0 Å². The van der Waals surface area contributed by atoms with Crippen molar-refractivity contribution < 1.29 is 9.59 Å². The number of pyridine rings is 1. The van der Waals surface area contributed by atoms with Crippen LogP contribution in [0.1, 0.15) is 22.5 Å². The van der Waals surface area contributed by atoms with Crippen LogP contribution in [0.25, 0.3) is 16.6 Å². The first kappa shape index (κ1) is 17.9. The summed E-state index contributed by atoms with van der Waals surface area (Å²) in [5, 5.41) is 8.91. The second kappa shape index (κ2) is 7.26. The molecule has 144 valence electrons. The maximum Gasteiger partial charge on any atom is 0.276 e. The molecule has 28 heavy (non-hydrogen) atoms. The van der Waals surface area contributed by atoms with Crippen LogP contribution in [0.3, 0.4) is 0 Å². The number of fused-ring (bicyclic) bond motifs is 1. The highest BCUT2D eigenvalue weighted by Gasteiger charge is 2.23. The van der Waals surface area contributed by atoms with Gasteiger partial charge in [-0.3, -0.25) is 9.59 Å². The summed E-state index contributed by atoms with van der Waals surface area (Å²) in [6.45, 7) is 1.16. The van der Waals surface area contributed by atoms with E-state index in [9.17, 15) is 9.59 Å². The Kier molecular flexibility index (Phi) is 4.64. The topological polar surface area (TPSA) is 100 Å². The molecule has 3 aromatic heterocycles. The monoisotopic (exact) mass is 379 g/mol. The first-order chi connectivity index (χ1) is 13.5. The van der Waals surface area contributed by atoms with Gasteiger partial charge in [0.1, 0.15) is 12.2 Å². The number of nitrogens with zero attached hydrogens (tertiary/aromatic N) is 6. The van der Waals surface area contributed by atoms with Crippen LogP contribution >= 0.6 is 0 Å². The Morgan fingerprint density at radius 1 is 1.32 bits per heavy atom. The van der Waals surface area contributed by atoms with Gasteiger partial charge in [-0.2, -0.15) is 0 Å². The third kappa shape index (κ3) is 3.38. The molecule has 9 heteroatoms. The van der Waals surface area contributed by atoms with Crippen molar-refractivity contribution in [3.05, 3.63) is 48.1 Å².